The lowest BCUT2D eigenvalue weighted by Crippen LogP contribution is -2.35. The number of carbonyl (C=O) groups is 2. The average molecular weight is 480 g/mol. The molecular formula is C26H28F4O4. The van der Waals surface area contributed by atoms with Crippen LogP contribution in [-0.4, -0.2) is 25.2 Å². The molecule has 3 rings (SSSR count). The zero-order chi connectivity index (χ0) is 25.3. The Balaban J connectivity index is 2.48. The minimum absolute atomic E-state index is 0.0858. The quantitative estimate of drug-likeness (QED) is 0.282. The Kier molecular flexibility index (Phi) is 7.38. The molecule has 34 heavy (non-hydrogen) atoms. The fourth-order valence-electron chi connectivity index (χ4n) is 4.45. The first-order chi connectivity index (χ1) is 16.0. The van der Waals surface area contributed by atoms with Crippen molar-refractivity contribution >= 4 is 11.9 Å². The molecule has 0 radical (unpaired) electrons. The van der Waals surface area contributed by atoms with Gasteiger partial charge in [0.2, 0.25) is 0 Å². The third kappa shape index (κ3) is 4.18. The van der Waals surface area contributed by atoms with E-state index in [1.807, 2.05) is 0 Å². The van der Waals surface area contributed by atoms with Crippen LogP contribution in [0.3, 0.4) is 0 Å². The Labute approximate surface area is 196 Å². The molecule has 1 aliphatic carbocycles. The van der Waals surface area contributed by atoms with Crippen LogP contribution in [0.5, 0.6) is 0 Å². The molecule has 0 unspecified atom stereocenters. The number of esters is 2. The Morgan fingerprint density at radius 3 is 1.47 bits per heavy atom. The highest BCUT2D eigenvalue weighted by Crippen LogP contribution is 2.57. The maximum absolute atomic E-state index is 15.5. The van der Waals surface area contributed by atoms with Crippen molar-refractivity contribution in [3.8, 4) is 0 Å². The number of hydrogen-bond donors (Lipinski definition) is 0. The molecule has 0 aliphatic heterocycles. The highest BCUT2D eigenvalue weighted by Gasteiger charge is 2.63. The summed E-state index contributed by atoms with van der Waals surface area (Å²) in [5.74, 6) is -14.4. The van der Waals surface area contributed by atoms with E-state index in [2.05, 4.69) is 0 Å². The van der Waals surface area contributed by atoms with Crippen molar-refractivity contribution in [3.05, 3.63) is 69.8 Å². The van der Waals surface area contributed by atoms with Gasteiger partial charge in [-0.2, -0.15) is 17.6 Å². The standard InChI is InChI=1S/C26H28F4O4/c1-5-15-9-11-19-17(13-15)21(22(23(31)33-7-3)24(32)34-8-4)18-14-16(6-2)10-12-20(18)26(29,30)25(19,27)28/h9-14,21-22H,5-8H2,1-4H3. The predicted molar refractivity (Wildman–Crippen MR) is 118 cm³/mol. The second-order valence-electron chi connectivity index (χ2n) is 8.16. The maximum atomic E-state index is 15.5. The Hall–Kier alpha value is -2.90. The van der Waals surface area contributed by atoms with Gasteiger partial charge in [-0.15, -0.1) is 0 Å². The lowest BCUT2D eigenvalue weighted by atomic mass is 9.77. The van der Waals surface area contributed by atoms with Gasteiger partial charge in [0, 0.05) is 17.0 Å². The molecular weight excluding hydrogens is 452 g/mol. The molecule has 1 aliphatic rings. The molecule has 2 aromatic carbocycles. The van der Waals surface area contributed by atoms with Crippen LogP contribution in [0.15, 0.2) is 36.4 Å². The van der Waals surface area contributed by atoms with Gasteiger partial charge in [-0.1, -0.05) is 50.2 Å². The highest BCUT2D eigenvalue weighted by molar-refractivity contribution is 5.97. The normalized spacial score (nSPS) is 16.4. The topological polar surface area (TPSA) is 52.6 Å². The van der Waals surface area contributed by atoms with Crippen LogP contribution >= 0.6 is 0 Å². The SMILES string of the molecule is CCOC(=O)C(C(=O)OCC)C1c2cc(CC)ccc2C(F)(F)C(F)(F)c2ccc(CC)cc21. The molecule has 0 saturated heterocycles. The highest BCUT2D eigenvalue weighted by atomic mass is 19.3. The maximum Gasteiger partial charge on any atom is 0.340 e. The van der Waals surface area contributed by atoms with E-state index in [4.69, 9.17) is 9.47 Å². The monoisotopic (exact) mass is 480 g/mol. The van der Waals surface area contributed by atoms with Crippen molar-refractivity contribution in [1.82, 2.24) is 0 Å². The number of benzene rings is 2. The summed E-state index contributed by atoms with van der Waals surface area (Å²) in [6.45, 7) is 6.47. The first kappa shape index (κ1) is 25.7. The number of fused-ring (bicyclic) bond motifs is 2. The van der Waals surface area contributed by atoms with Gasteiger partial charge in [-0.3, -0.25) is 9.59 Å². The van der Waals surface area contributed by atoms with Gasteiger partial charge < -0.3 is 9.47 Å². The summed E-state index contributed by atoms with van der Waals surface area (Å²) in [6, 6.07) is 7.41. The number of alkyl halides is 4. The number of aryl methyl sites for hydroxylation is 2. The lowest BCUT2D eigenvalue weighted by molar-refractivity contribution is -0.223. The van der Waals surface area contributed by atoms with E-state index >= 15 is 17.6 Å². The van der Waals surface area contributed by atoms with E-state index in [-0.39, 0.29) is 24.3 Å². The zero-order valence-corrected chi connectivity index (χ0v) is 19.6. The van der Waals surface area contributed by atoms with Crippen LogP contribution in [0.1, 0.15) is 67.0 Å². The predicted octanol–water partition coefficient (Wildman–Crippen LogP) is 5.88. The van der Waals surface area contributed by atoms with E-state index in [1.165, 1.54) is 38.1 Å². The minimum atomic E-state index is -4.58. The largest absolute Gasteiger partial charge is 0.465 e. The van der Waals surface area contributed by atoms with Gasteiger partial charge in [-0.05, 0) is 48.9 Å². The smallest absolute Gasteiger partial charge is 0.340 e. The van der Waals surface area contributed by atoms with Gasteiger partial charge >= 0.3 is 23.8 Å². The third-order valence-electron chi connectivity index (χ3n) is 6.20. The van der Waals surface area contributed by atoms with E-state index in [0.29, 0.717) is 24.0 Å². The molecule has 0 saturated carbocycles. The molecule has 0 heterocycles. The van der Waals surface area contributed by atoms with Gasteiger partial charge in [0.15, 0.2) is 5.92 Å². The summed E-state index contributed by atoms with van der Waals surface area (Å²) in [5, 5.41) is 0. The van der Waals surface area contributed by atoms with Crippen LogP contribution in [0.4, 0.5) is 17.6 Å². The number of hydrogen-bond acceptors (Lipinski definition) is 4. The summed E-state index contributed by atoms with van der Waals surface area (Å²) in [4.78, 5) is 26.0. The average Bonchev–Trinajstić information content (AvgIpc) is 2.85. The van der Waals surface area contributed by atoms with Gasteiger partial charge in [0.25, 0.3) is 0 Å². The molecule has 0 atom stereocenters. The number of halogens is 4. The van der Waals surface area contributed by atoms with Crippen LogP contribution in [0.2, 0.25) is 0 Å². The van der Waals surface area contributed by atoms with Crippen molar-refractivity contribution in [3.63, 3.8) is 0 Å². The van der Waals surface area contributed by atoms with Crippen molar-refractivity contribution in [1.29, 1.82) is 0 Å². The fraction of sp³-hybridized carbons (Fsp3) is 0.462. The second-order valence-corrected chi connectivity index (χ2v) is 8.16. The van der Waals surface area contributed by atoms with Crippen molar-refractivity contribution in [2.24, 2.45) is 5.92 Å². The number of carbonyl (C=O) groups excluding carboxylic acids is 2. The molecule has 0 N–H and O–H groups in total. The molecule has 184 valence electrons. The summed E-state index contributed by atoms with van der Waals surface area (Å²) in [7, 11) is 0. The molecule has 0 aromatic heterocycles. The summed E-state index contributed by atoms with van der Waals surface area (Å²) in [5.41, 5.74) is -1.06. The van der Waals surface area contributed by atoms with Gasteiger partial charge in [0.1, 0.15) is 0 Å². The summed E-state index contributed by atoms with van der Waals surface area (Å²) in [6.07, 6.45) is 0.876. The van der Waals surface area contributed by atoms with Crippen LogP contribution in [0, 0.1) is 5.92 Å². The van der Waals surface area contributed by atoms with E-state index in [1.54, 1.807) is 13.8 Å². The summed E-state index contributed by atoms with van der Waals surface area (Å²) >= 11 is 0. The summed E-state index contributed by atoms with van der Waals surface area (Å²) < 4.78 is 72.1. The molecule has 0 bridgehead atoms. The van der Waals surface area contributed by atoms with Crippen molar-refractivity contribution < 1.29 is 36.6 Å². The first-order valence-electron chi connectivity index (χ1n) is 11.4. The van der Waals surface area contributed by atoms with Crippen molar-refractivity contribution in [2.75, 3.05) is 13.2 Å². The first-order valence-corrected chi connectivity index (χ1v) is 11.4. The van der Waals surface area contributed by atoms with Crippen LogP contribution in [-0.2, 0) is 43.7 Å². The number of rotatable bonds is 7. The third-order valence-corrected chi connectivity index (χ3v) is 6.20. The molecule has 4 nitrogen and oxygen atoms in total. The minimum Gasteiger partial charge on any atom is -0.465 e. The Bertz CT molecular complexity index is 997. The lowest BCUT2D eigenvalue weighted by Gasteiger charge is -2.27. The molecule has 0 amide bonds. The van der Waals surface area contributed by atoms with Crippen LogP contribution in [0.25, 0.3) is 0 Å². The van der Waals surface area contributed by atoms with Gasteiger partial charge in [0.05, 0.1) is 13.2 Å². The number of ether oxygens (including phenoxy) is 2. The second kappa shape index (κ2) is 9.76. The van der Waals surface area contributed by atoms with Crippen LogP contribution < -0.4 is 0 Å². The Morgan fingerprint density at radius 1 is 0.765 bits per heavy atom. The van der Waals surface area contributed by atoms with Gasteiger partial charge in [-0.25, -0.2) is 0 Å². The molecule has 2 aromatic rings. The van der Waals surface area contributed by atoms with E-state index in [9.17, 15) is 9.59 Å². The molecule has 0 spiro atoms. The van der Waals surface area contributed by atoms with E-state index in [0.717, 1.165) is 12.1 Å². The van der Waals surface area contributed by atoms with E-state index < -0.39 is 46.7 Å². The fourth-order valence-corrected chi connectivity index (χ4v) is 4.45. The zero-order valence-electron chi connectivity index (χ0n) is 19.6. The van der Waals surface area contributed by atoms with Crippen molar-refractivity contribution in [2.45, 2.75) is 58.3 Å². The molecule has 8 heteroatoms. The molecule has 0 fully saturated rings. The Morgan fingerprint density at radius 2 is 1.15 bits per heavy atom.